The SMILES string of the molecule is CCCC[N+](CCCC)(CCCC)Cc1cc(C(F)(F)F)ccc1Cl. The first-order chi connectivity index (χ1) is 11.8. The molecule has 1 rings (SSSR count). The number of hydrogen-bond donors (Lipinski definition) is 0. The summed E-state index contributed by atoms with van der Waals surface area (Å²) in [6, 6.07) is 3.72. The Morgan fingerprint density at radius 2 is 1.36 bits per heavy atom. The van der Waals surface area contributed by atoms with E-state index >= 15 is 0 Å². The molecular weight excluding hydrogens is 347 g/mol. The summed E-state index contributed by atoms with van der Waals surface area (Å²) in [5.41, 5.74) is 0.0197. The van der Waals surface area contributed by atoms with E-state index in [0.29, 0.717) is 17.1 Å². The third kappa shape index (κ3) is 7.18. The number of rotatable bonds is 11. The molecule has 0 fully saturated rings. The van der Waals surface area contributed by atoms with Gasteiger partial charge in [-0.3, -0.25) is 0 Å². The fourth-order valence-electron chi connectivity index (χ4n) is 3.29. The number of alkyl halides is 3. The van der Waals surface area contributed by atoms with Crippen LogP contribution in [-0.2, 0) is 12.7 Å². The van der Waals surface area contributed by atoms with E-state index < -0.39 is 11.7 Å². The molecule has 144 valence electrons. The van der Waals surface area contributed by atoms with E-state index in [0.717, 1.165) is 68.7 Å². The second kappa shape index (κ2) is 10.4. The molecule has 0 unspecified atom stereocenters. The van der Waals surface area contributed by atoms with Gasteiger partial charge in [0, 0.05) is 10.6 Å². The van der Waals surface area contributed by atoms with Crippen LogP contribution in [0.4, 0.5) is 13.2 Å². The molecule has 0 heterocycles. The molecule has 0 bridgehead atoms. The predicted octanol–water partition coefficient (Wildman–Crippen LogP) is 7.08. The van der Waals surface area contributed by atoms with Crippen LogP contribution >= 0.6 is 11.6 Å². The first-order valence-corrected chi connectivity index (χ1v) is 9.86. The van der Waals surface area contributed by atoms with Crippen LogP contribution in [0.1, 0.15) is 70.4 Å². The summed E-state index contributed by atoms with van der Waals surface area (Å²) >= 11 is 6.28. The number of benzene rings is 1. The van der Waals surface area contributed by atoms with Crippen molar-refractivity contribution in [3.8, 4) is 0 Å². The summed E-state index contributed by atoms with van der Waals surface area (Å²) in [5.74, 6) is 0. The van der Waals surface area contributed by atoms with Crippen LogP contribution in [0.15, 0.2) is 18.2 Å². The van der Waals surface area contributed by atoms with E-state index in [9.17, 15) is 13.2 Å². The number of hydrogen-bond acceptors (Lipinski definition) is 0. The smallest absolute Gasteiger partial charge is 0.320 e. The molecule has 0 aromatic heterocycles. The van der Waals surface area contributed by atoms with Crippen molar-refractivity contribution in [3.63, 3.8) is 0 Å². The quantitative estimate of drug-likeness (QED) is 0.361. The lowest BCUT2D eigenvalue weighted by Crippen LogP contribution is -2.49. The number of unbranched alkanes of at least 4 members (excludes halogenated alkanes) is 3. The Morgan fingerprint density at radius 1 is 0.880 bits per heavy atom. The minimum Gasteiger partial charge on any atom is -0.320 e. The number of halogens is 4. The maximum atomic E-state index is 13.1. The average molecular weight is 379 g/mol. The molecule has 1 nitrogen and oxygen atoms in total. The zero-order valence-corrected chi connectivity index (χ0v) is 16.5. The molecule has 5 heteroatoms. The van der Waals surface area contributed by atoms with Crippen LogP contribution in [0, 0.1) is 0 Å². The van der Waals surface area contributed by atoms with Gasteiger partial charge in [0.05, 0.1) is 25.2 Å². The first kappa shape index (κ1) is 22.3. The maximum absolute atomic E-state index is 13.1. The monoisotopic (exact) mass is 378 g/mol. The Morgan fingerprint density at radius 3 is 1.76 bits per heavy atom. The molecule has 0 saturated heterocycles. The molecule has 0 spiro atoms. The summed E-state index contributed by atoms with van der Waals surface area (Å²) in [6.45, 7) is 10.1. The van der Waals surface area contributed by atoms with Crippen molar-refractivity contribution in [1.29, 1.82) is 0 Å². The zero-order valence-electron chi connectivity index (χ0n) is 15.8. The van der Waals surface area contributed by atoms with Crippen molar-refractivity contribution in [2.24, 2.45) is 0 Å². The summed E-state index contributed by atoms with van der Waals surface area (Å²) < 4.78 is 40.1. The molecule has 0 N–H and O–H groups in total. The van der Waals surface area contributed by atoms with Crippen molar-refractivity contribution in [2.75, 3.05) is 19.6 Å². The molecule has 1 aromatic carbocycles. The Bertz CT molecular complexity index is 492. The number of quaternary nitrogens is 1. The third-order valence-corrected chi connectivity index (χ3v) is 5.21. The highest BCUT2D eigenvalue weighted by Gasteiger charge is 2.33. The standard InChI is InChI=1S/C20H32ClF3N/c1-4-7-12-25(13-8-5-2,14-9-6-3)16-17-15-18(20(22,23)24)10-11-19(17)21/h10-11,15H,4-9,12-14,16H2,1-3H3/q+1. The van der Waals surface area contributed by atoms with Crippen LogP contribution in [0.5, 0.6) is 0 Å². The second-order valence-corrected chi connectivity index (χ2v) is 7.44. The van der Waals surface area contributed by atoms with Gasteiger partial charge in [-0.2, -0.15) is 13.2 Å². The van der Waals surface area contributed by atoms with Crippen molar-refractivity contribution in [3.05, 3.63) is 34.3 Å². The van der Waals surface area contributed by atoms with Gasteiger partial charge in [0.25, 0.3) is 0 Å². The van der Waals surface area contributed by atoms with Crippen LogP contribution in [0.25, 0.3) is 0 Å². The summed E-state index contributed by atoms with van der Waals surface area (Å²) in [4.78, 5) is 0. The summed E-state index contributed by atoms with van der Waals surface area (Å²) in [5, 5.41) is 0.444. The highest BCUT2D eigenvalue weighted by molar-refractivity contribution is 6.31. The molecule has 0 radical (unpaired) electrons. The van der Waals surface area contributed by atoms with Crippen LogP contribution in [0.3, 0.4) is 0 Å². The molecule has 0 amide bonds. The lowest BCUT2D eigenvalue weighted by atomic mass is 10.1. The van der Waals surface area contributed by atoms with Gasteiger partial charge in [-0.15, -0.1) is 0 Å². The van der Waals surface area contributed by atoms with Gasteiger partial charge >= 0.3 is 6.18 Å². The van der Waals surface area contributed by atoms with Gasteiger partial charge in [0.2, 0.25) is 0 Å². The average Bonchev–Trinajstić information content (AvgIpc) is 2.57. The maximum Gasteiger partial charge on any atom is 0.416 e. The second-order valence-electron chi connectivity index (χ2n) is 7.04. The molecule has 0 saturated carbocycles. The highest BCUT2D eigenvalue weighted by Crippen LogP contribution is 2.33. The van der Waals surface area contributed by atoms with Gasteiger partial charge in [-0.05, 0) is 37.5 Å². The molecular formula is C20H32ClF3N+. The van der Waals surface area contributed by atoms with Crippen molar-refractivity contribution >= 4 is 11.6 Å². The normalized spacial score (nSPS) is 12.6. The van der Waals surface area contributed by atoms with Gasteiger partial charge in [0.15, 0.2) is 0 Å². The minimum absolute atomic E-state index is 0.444. The van der Waals surface area contributed by atoms with Gasteiger partial charge in [-0.25, -0.2) is 0 Å². The van der Waals surface area contributed by atoms with Crippen LogP contribution in [0.2, 0.25) is 5.02 Å². The predicted molar refractivity (Wildman–Crippen MR) is 99.7 cm³/mol. The molecule has 25 heavy (non-hydrogen) atoms. The number of nitrogens with zero attached hydrogens (tertiary/aromatic N) is 1. The van der Waals surface area contributed by atoms with E-state index in [2.05, 4.69) is 20.8 Å². The first-order valence-electron chi connectivity index (χ1n) is 9.48. The fourth-order valence-corrected chi connectivity index (χ4v) is 3.46. The van der Waals surface area contributed by atoms with Gasteiger partial charge in [-0.1, -0.05) is 51.6 Å². The van der Waals surface area contributed by atoms with Crippen molar-refractivity contribution < 1.29 is 17.7 Å². The Labute approximate surface area is 155 Å². The van der Waals surface area contributed by atoms with Crippen LogP contribution in [-0.4, -0.2) is 24.1 Å². The lowest BCUT2D eigenvalue weighted by molar-refractivity contribution is -0.941. The van der Waals surface area contributed by atoms with E-state index in [4.69, 9.17) is 11.6 Å². The topological polar surface area (TPSA) is 0 Å². The van der Waals surface area contributed by atoms with E-state index in [1.54, 1.807) is 0 Å². The Hall–Kier alpha value is -0.740. The van der Waals surface area contributed by atoms with E-state index in [1.807, 2.05) is 0 Å². The Kier molecular flexibility index (Phi) is 9.29. The minimum atomic E-state index is -4.33. The van der Waals surface area contributed by atoms with E-state index in [-0.39, 0.29) is 0 Å². The zero-order chi connectivity index (χ0) is 18.9. The van der Waals surface area contributed by atoms with E-state index in [1.165, 1.54) is 12.1 Å². The van der Waals surface area contributed by atoms with Gasteiger partial charge in [0.1, 0.15) is 6.54 Å². The highest BCUT2D eigenvalue weighted by atomic mass is 35.5. The molecule has 0 atom stereocenters. The third-order valence-electron chi connectivity index (χ3n) is 4.84. The van der Waals surface area contributed by atoms with Crippen molar-refractivity contribution in [1.82, 2.24) is 0 Å². The summed E-state index contributed by atoms with van der Waals surface area (Å²) in [7, 11) is 0. The molecule has 0 aliphatic heterocycles. The lowest BCUT2D eigenvalue weighted by Gasteiger charge is -2.39. The van der Waals surface area contributed by atoms with Gasteiger partial charge < -0.3 is 4.48 Å². The fraction of sp³-hybridized carbons (Fsp3) is 0.700. The van der Waals surface area contributed by atoms with Crippen LogP contribution < -0.4 is 0 Å². The molecule has 0 aliphatic carbocycles. The largest absolute Gasteiger partial charge is 0.416 e. The Balaban J connectivity index is 3.16. The molecule has 0 aliphatic rings. The molecule has 1 aromatic rings. The summed E-state index contributed by atoms with van der Waals surface area (Å²) in [6.07, 6.45) is 2.21. The van der Waals surface area contributed by atoms with Crippen molar-refractivity contribution in [2.45, 2.75) is 72.0 Å².